The predicted molar refractivity (Wildman–Crippen MR) is 94.2 cm³/mol. The summed E-state index contributed by atoms with van der Waals surface area (Å²) in [5.74, 6) is 2.12. The molecular formula is C21H34NO3+. The van der Waals surface area contributed by atoms with Crippen LogP contribution in [0, 0.1) is 29.1 Å². The first-order valence-electron chi connectivity index (χ1n) is 10.7. The van der Waals surface area contributed by atoms with Crippen LogP contribution in [0.5, 0.6) is 0 Å². The lowest BCUT2D eigenvalue weighted by Crippen LogP contribution is -3.14. The summed E-state index contributed by atoms with van der Waals surface area (Å²) in [7, 11) is 0. The summed E-state index contributed by atoms with van der Waals surface area (Å²) < 4.78 is 12.0. The lowest BCUT2D eigenvalue weighted by Gasteiger charge is -2.51. The van der Waals surface area contributed by atoms with Crippen LogP contribution in [0.4, 0.5) is 0 Å². The molecule has 0 aromatic carbocycles. The van der Waals surface area contributed by atoms with E-state index in [1.807, 2.05) is 0 Å². The highest BCUT2D eigenvalue weighted by Crippen LogP contribution is 2.62. The van der Waals surface area contributed by atoms with Crippen molar-refractivity contribution in [1.82, 2.24) is 0 Å². The van der Waals surface area contributed by atoms with Gasteiger partial charge in [0.25, 0.3) is 0 Å². The van der Waals surface area contributed by atoms with Crippen LogP contribution >= 0.6 is 0 Å². The molecule has 0 radical (unpaired) electrons. The van der Waals surface area contributed by atoms with Gasteiger partial charge in [-0.1, -0.05) is 13.8 Å². The standard InChI is InChI=1S/C21H33NO3/c1-14-5-3-8-22(11-14)12-16-15-9-18-20(2,10-17(15)25-19(16)23)6-4-7-21(18)13-24-21/h14-18H,3-13H2,1-2H3/p+1/t14-,15-,16-,17-,18-,20-,21+/m1/s1. The molecule has 5 rings (SSSR count). The van der Waals surface area contributed by atoms with Crippen molar-refractivity contribution in [1.29, 1.82) is 0 Å². The summed E-state index contributed by atoms with van der Waals surface area (Å²) in [6.45, 7) is 9.22. The van der Waals surface area contributed by atoms with Crippen molar-refractivity contribution in [2.45, 2.75) is 70.5 Å². The fourth-order valence-electron chi connectivity index (χ4n) is 7.08. The van der Waals surface area contributed by atoms with Gasteiger partial charge in [-0.05, 0) is 56.3 Å². The Morgan fingerprint density at radius 3 is 2.88 bits per heavy atom. The van der Waals surface area contributed by atoms with Gasteiger partial charge in [-0.3, -0.25) is 4.79 Å². The smallest absolute Gasteiger partial charge is 0.315 e. The molecule has 140 valence electrons. The number of rotatable bonds is 2. The van der Waals surface area contributed by atoms with E-state index in [-0.39, 0.29) is 23.6 Å². The average Bonchev–Trinajstić information content (AvgIpc) is 3.26. The molecule has 0 aromatic heterocycles. The van der Waals surface area contributed by atoms with Crippen molar-refractivity contribution in [2.24, 2.45) is 29.1 Å². The van der Waals surface area contributed by atoms with Gasteiger partial charge in [0.2, 0.25) is 0 Å². The number of nitrogens with one attached hydrogen (secondary N) is 1. The Bertz CT molecular complexity index is 559. The van der Waals surface area contributed by atoms with E-state index in [0.29, 0.717) is 17.3 Å². The third kappa shape index (κ3) is 2.66. The molecular weight excluding hydrogens is 314 g/mol. The maximum Gasteiger partial charge on any atom is 0.315 e. The minimum Gasteiger partial charge on any atom is -0.462 e. The van der Waals surface area contributed by atoms with Crippen LogP contribution in [0.15, 0.2) is 0 Å². The van der Waals surface area contributed by atoms with Gasteiger partial charge >= 0.3 is 5.97 Å². The van der Waals surface area contributed by atoms with Crippen LogP contribution in [0.2, 0.25) is 0 Å². The van der Waals surface area contributed by atoms with E-state index >= 15 is 0 Å². The predicted octanol–water partition coefficient (Wildman–Crippen LogP) is 1.83. The molecule has 0 amide bonds. The fourth-order valence-corrected chi connectivity index (χ4v) is 7.08. The molecule has 8 atom stereocenters. The molecule has 3 aliphatic heterocycles. The third-order valence-corrected chi connectivity index (χ3v) is 8.45. The first kappa shape index (κ1) is 16.6. The quantitative estimate of drug-likeness (QED) is 0.612. The van der Waals surface area contributed by atoms with Crippen molar-refractivity contribution in [2.75, 3.05) is 26.2 Å². The summed E-state index contributed by atoms with van der Waals surface area (Å²) in [6.07, 6.45) is 8.85. The molecule has 0 aromatic rings. The number of ether oxygens (including phenoxy) is 2. The highest BCUT2D eigenvalue weighted by molar-refractivity contribution is 5.75. The molecule has 1 unspecified atom stereocenters. The van der Waals surface area contributed by atoms with E-state index < -0.39 is 0 Å². The fraction of sp³-hybridized carbons (Fsp3) is 0.952. The van der Waals surface area contributed by atoms with Crippen molar-refractivity contribution in [3.05, 3.63) is 0 Å². The van der Waals surface area contributed by atoms with Crippen molar-refractivity contribution < 1.29 is 19.2 Å². The molecule has 1 spiro atoms. The van der Waals surface area contributed by atoms with Gasteiger partial charge in [-0.2, -0.15) is 0 Å². The van der Waals surface area contributed by atoms with Gasteiger partial charge in [-0.15, -0.1) is 0 Å². The number of carbonyl (C=O) groups excluding carboxylic acids is 1. The minimum absolute atomic E-state index is 0.105. The zero-order valence-corrected chi connectivity index (χ0v) is 15.9. The first-order chi connectivity index (χ1) is 12.0. The number of carbonyl (C=O) groups is 1. The Balaban J connectivity index is 1.34. The second kappa shape index (κ2) is 5.69. The molecule has 2 saturated carbocycles. The Labute approximate surface area is 151 Å². The molecule has 2 aliphatic carbocycles. The van der Waals surface area contributed by atoms with Crippen molar-refractivity contribution in [3.63, 3.8) is 0 Å². The number of hydrogen-bond donors (Lipinski definition) is 1. The second-order valence-corrected chi connectivity index (χ2v) is 10.3. The number of fused-ring (bicyclic) bond motifs is 3. The third-order valence-electron chi connectivity index (χ3n) is 8.45. The number of hydrogen-bond acceptors (Lipinski definition) is 3. The maximum absolute atomic E-state index is 12.7. The lowest BCUT2D eigenvalue weighted by molar-refractivity contribution is -0.911. The highest BCUT2D eigenvalue weighted by Gasteiger charge is 2.65. The average molecular weight is 349 g/mol. The topological polar surface area (TPSA) is 43.3 Å². The zero-order chi connectivity index (χ0) is 17.2. The van der Waals surface area contributed by atoms with E-state index in [1.165, 1.54) is 45.2 Å². The molecule has 1 N–H and O–H groups in total. The van der Waals surface area contributed by atoms with E-state index in [4.69, 9.17) is 9.47 Å². The summed E-state index contributed by atoms with van der Waals surface area (Å²) in [5, 5.41) is 0. The summed E-state index contributed by atoms with van der Waals surface area (Å²) in [4.78, 5) is 14.4. The van der Waals surface area contributed by atoms with Gasteiger partial charge in [0.1, 0.15) is 12.0 Å². The van der Waals surface area contributed by atoms with Crippen LogP contribution in [0.1, 0.15) is 58.8 Å². The molecule has 3 saturated heterocycles. The number of quaternary nitrogens is 1. The SMILES string of the molecule is C[C@@H]1CCC[NH+](C[C@H]2C(=O)O[C@@H]3C[C@@]4(C)CCC[C@]5(CO5)[C@@H]4C[C@@H]32)C1. The maximum atomic E-state index is 12.7. The van der Waals surface area contributed by atoms with Crippen LogP contribution in [-0.4, -0.2) is 43.9 Å². The van der Waals surface area contributed by atoms with Gasteiger partial charge in [0, 0.05) is 11.8 Å². The molecule has 3 heterocycles. The number of likely N-dealkylation sites (tertiary alicyclic amines) is 1. The Hall–Kier alpha value is -0.610. The Morgan fingerprint density at radius 2 is 2.12 bits per heavy atom. The lowest BCUT2D eigenvalue weighted by atomic mass is 9.53. The molecule has 4 nitrogen and oxygen atoms in total. The Kier molecular flexibility index (Phi) is 3.77. The van der Waals surface area contributed by atoms with E-state index in [0.717, 1.165) is 31.9 Å². The molecule has 5 aliphatic rings. The molecule has 4 heteroatoms. The summed E-state index contributed by atoms with van der Waals surface area (Å²) in [5.41, 5.74) is 0.484. The highest BCUT2D eigenvalue weighted by atomic mass is 16.6. The summed E-state index contributed by atoms with van der Waals surface area (Å²) in [6, 6.07) is 0. The van der Waals surface area contributed by atoms with Gasteiger partial charge in [0.15, 0.2) is 0 Å². The van der Waals surface area contributed by atoms with Crippen LogP contribution in [-0.2, 0) is 14.3 Å². The van der Waals surface area contributed by atoms with Crippen molar-refractivity contribution in [3.8, 4) is 0 Å². The zero-order valence-electron chi connectivity index (χ0n) is 15.9. The van der Waals surface area contributed by atoms with E-state index in [9.17, 15) is 4.79 Å². The van der Waals surface area contributed by atoms with Gasteiger partial charge < -0.3 is 14.4 Å². The monoisotopic (exact) mass is 348 g/mol. The van der Waals surface area contributed by atoms with Gasteiger partial charge in [0.05, 0.1) is 31.8 Å². The van der Waals surface area contributed by atoms with Crippen LogP contribution < -0.4 is 4.90 Å². The second-order valence-electron chi connectivity index (χ2n) is 10.3. The van der Waals surface area contributed by atoms with E-state index in [1.54, 1.807) is 4.90 Å². The molecule has 25 heavy (non-hydrogen) atoms. The summed E-state index contributed by atoms with van der Waals surface area (Å²) >= 11 is 0. The number of piperidine rings is 1. The number of epoxide rings is 1. The normalized spacial score (nSPS) is 54.7. The van der Waals surface area contributed by atoms with Gasteiger partial charge in [-0.25, -0.2) is 0 Å². The Morgan fingerprint density at radius 1 is 1.28 bits per heavy atom. The van der Waals surface area contributed by atoms with E-state index in [2.05, 4.69) is 13.8 Å². The minimum atomic E-state index is 0.105. The number of esters is 1. The van der Waals surface area contributed by atoms with Crippen LogP contribution in [0.3, 0.4) is 0 Å². The van der Waals surface area contributed by atoms with Crippen LogP contribution in [0.25, 0.3) is 0 Å². The largest absolute Gasteiger partial charge is 0.462 e. The van der Waals surface area contributed by atoms with Crippen molar-refractivity contribution >= 4 is 5.97 Å². The molecule has 0 bridgehead atoms. The first-order valence-corrected chi connectivity index (χ1v) is 10.7. The molecule has 5 fully saturated rings.